The van der Waals surface area contributed by atoms with Crippen LogP contribution in [-0.2, 0) is 19.0 Å². The molecule has 5 nitrogen and oxygen atoms in total. The van der Waals surface area contributed by atoms with Gasteiger partial charge in [-0.2, -0.15) is 0 Å². The highest BCUT2D eigenvalue weighted by Crippen LogP contribution is 1.95. The third-order valence-electron chi connectivity index (χ3n) is 1.96. The molecule has 0 aliphatic rings. The van der Waals surface area contributed by atoms with Crippen molar-refractivity contribution in [2.24, 2.45) is 0 Å². The molecule has 0 aromatic rings. The van der Waals surface area contributed by atoms with Gasteiger partial charge in [-0.05, 0) is 20.4 Å². The largest absolute Gasteiger partial charge is 0.468 e. The number of likely N-dealkylation sites (N-methyl/N-ethyl adjacent to an activating group) is 1. The van der Waals surface area contributed by atoms with Crippen LogP contribution >= 0.6 is 0 Å². The Bertz CT molecular complexity index is 164. The molecular formula is C10H21NO4. The zero-order chi connectivity index (χ0) is 11.5. The van der Waals surface area contributed by atoms with Crippen LogP contribution in [0.2, 0.25) is 0 Å². The Morgan fingerprint density at radius 1 is 1.27 bits per heavy atom. The zero-order valence-corrected chi connectivity index (χ0v) is 9.75. The summed E-state index contributed by atoms with van der Waals surface area (Å²) < 4.78 is 15.0. The van der Waals surface area contributed by atoms with Crippen molar-refractivity contribution in [3.05, 3.63) is 0 Å². The topological polar surface area (TPSA) is 56.8 Å². The molecule has 1 unspecified atom stereocenters. The van der Waals surface area contributed by atoms with E-state index in [4.69, 9.17) is 9.47 Å². The number of carbonyl (C=O) groups is 1. The van der Waals surface area contributed by atoms with Gasteiger partial charge in [0.05, 0.1) is 20.3 Å². The Morgan fingerprint density at radius 2 is 1.93 bits per heavy atom. The smallest absolute Gasteiger partial charge is 0.322 e. The second-order valence-corrected chi connectivity index (χ2v) is 2.96. The summed E-state index contributed by atoms with van der Waals surface area (Å²) >= 11 is 0. The number of hydrogen-bond donors (Lipinski definition) is 1. The predicted octanol–water partition coefficient (Wildman–Crippen LogP) is 0.191. The molecule has 0 amide bonds. The van der Waals surface area contributed by atoms with Gasteiger partial charge in [0, 0.05) is 13.2 Å². The number of carbonyl (C=O) groups excluding carboxylic acids is 1. The van der Waals surface area contributed by atoms with Gasteiger partial charge in [-0.1, -0.05) is 0 Å². The van der Waals surface area contributed by atoms with Gasteiger partial charge in [0.25, 0.3) is 0 Å². The number of nitrogens with one attached hydrogen (secondary N) is 1. The standard InChI is InChI=1S/C10H21NO4/c1-4-14-7-8-15-6-5-9(11-2)10(12)13-3/h9,11H,4-8H2,1-3H3. The molecule has 0 aromatic heterocycles. The van der Waals surface area contributed by atoms with E-state index in [0.29, 0.717) is 32.8 Å². The normalized spacial score (nSPS) is 12.5. The summed E-state index contributed by atoms with van der Waals surface area (Å²) in [6.45, 7) is 4.32. The van der Waals surface area contributed by atoms with Gasteiger partial charge < -0.3 is 19.5 Å². The molecule has 0 spiro atoms. The van der Waals surface area contributed by atoms with Gasteiger partial charge in [-0.3, -0.25) is 4.79 Å². The minimum Gasteiger partial charge on any atom is -0.468 e. The van der Waals surface area contributed by atoms with Crippen molar-refractivity contribution >= 4 is 5.97 Å². The van der Waals surface area contributed by atoms with Crippen molar-refractivity contribution in [2.75, 3.05) is 40.6 Å². The van der Waals surface area contributed by atoms with Crippen LogP contribution in [0.25, 0.3) is 0 Å². The van der Waals surface area contributed by atoms with E-state index in [2.05, 4.69) is 10.1 Å². The number of hydrogen-bond acceptors (Lipinski definition) is 5. The fourth-order valence-electron chi connectivity index (χ4n) is 1.09. The third kappa shape index (κ3) is 7.30. The first-order valence-electron chi connectivity index (χ1n) is 5.16. The highest BCUT2D eigenvalue weighted by molar-refractivity contribution is 5.75. The molecule has 90 valence electrons. The molecule has 1 N–H and O–H groups in total. The van der Waals surface area contributed by atoms with Crippen LogP contribution in [0, 0.1) is 0 Å². The Hall–Kier alpha value is -0.650. The van der Waals surface area contributed by atoms with Crippen molar-refractivity contribution in [1.29, 1.82) is 0 Å². The van der Waals surface area contributed by atoms with Gasteiger partial charge in [-0.15, -0.1) is 0 Å². The maximum atomic E-state index is 11.1. The van der Waals surface area contributed by atoms with E-state index in [-0.39, 0.29) is 12.0 Å². The van der Waals surface area contributed by atoms with E-state index in [1.165, 1.54) is 7.11 Å². The highest BCUT2D eigenvalue weighted by atomic mass is 16.5. The lowest BCUT2D eigenvalue weighted by Crippen LogP contribution is -2.36. The molecule has 0 aliphatic carbocycles. The van der Waals surface area contributed by atoms with Crippen LogP contribution in [0.5, 0.6) is 0 Å². The molecule has 1 atom stereocenters. The van der Waals surface area contributed by atoms with Crippen LogP contribution in [0.1, 0.15) is 13.3 Å². The van der Waals surface area contributed by atoms with E-state index in [9.17, 15) is 4.79 Å². The molecule has 5 heteroatoms. The van der Waals surface area contributed by atoms with E-state index < -0.39 is 0 Å². The summed E-state index contributed by atoms with van der Waals surface area (Å²) in [6, 6.07) is -0.290. The fraction of sp³-hybridized carbons (Fsp3) is 0.900. The second-order valence-electron chi connectivity index (χ2n) is 2.96. The number of rotatable bonds is 9. The van der Waals surface area contributed by atoms with Crippen molar-refractivity contribution < 1.29 is 19.0 Å². The molecule has 0 fully saturated rings. The third-order valence-corrected chi connectivity index (χ3v) is 1.96. The molecule has 0 rings (SSSR count). The number of methoxy groups -OCH3 is 1. The first kappa shape index (κ1) is 14.3. The summed E-state index contributed by atoms with van der Waals surface area (Å²) in [5.41, 5.74) is 0. The van der Waals surface area contributed by atoms with Crippen molar-refractivity contribution in [2.45, 2.75) is 19.4 Å². The lowest BCUT2D eigenvalue weighted by atomic mass is 10.2. The Morgan fingerprint density at radius 3 is 2.47 bits per heavy atom. The van der Waals surface area contributed by atoms with Gasteiger partial charge in [0.15, 0.2) is 0 Å². The maximum absolute atomic E-state index is 11.1. The quantitative estimate of drug-likeness (QED) is 0.443. The minimum atomic E-state index is -0.290. The number of ether oxygens (including phenoxy) is 3. The van der Waals surface area contributed by atoms with Crippen LogP contribution in [-0.4, -0.2) is 52.6 Å². The molecule has 0 heterocycles. The summed E-state index contributed by atoms with van der Waals surface area (Å²) in [6.07, 6.45) is 0.606. The molecule has 0 saturated carbocycles. The predicted molar refractivity (Wildman–Crippen MR) is 56.8 cm³/mol. The summed E-state index contributed by atoms with van der Waals surface area (Å²) in [4.78, 5) is 11.1. The summed E-state index contributed by atoms with van der Waals surface area (Å²) in [5, 5.41) is 2.87. The molecule has 0 radical (unpaired) electrons. The average Bonchev–Trinajstić information content (AvgIpc) is 2.27. The Balaban J connectivity index is 3.42. The summed E-state index contributed by atoms with van der Waals surface area (Å²) in [7, 11) is 3.10. The maximum Gasteiger partial charge on any atom is 0.322 e. The number of esters is 1. The highest BCUT2D eigenvalue weighted by Gasteiger charge is 2.15. The fourth-order valence-corrected chi connectivity index (χ4v) is 1.09. The molecule has 0 aliphatic heterocycles. The van der Waals surface area contributed by atoms with E-state index in [1.807, 2.05) is 6.92 Å². The van der Waals surface area contributed by atoms with Gasteiger partial charge >= 0.3 is 5.97 Å². The van der Waals surface area contributed by atoms with Crippen molar-refractivity contribution in [1.82, 2.24) is 5.32 Å². The summed E-state index contributed by atoms with van der Waals surface area (Å²) in [5.74, 6) is -0.258. The Labute approximate surface area is 91.1 Å². The van der Waals surface area contributed by atoms with E-state index in [1.54, 1.807) is 7.05 Å². The van der Waals surface area contributed by atoms with Gasteiger partial charge in [-0.25, -0.2) is 0 Å². The van der Waals surface area contributed by atoms with Crippen molar-refractivity contribution in [3.63, 3.8) is 0 Å². The Kier molecular flexibility index (Phi) is 9.46. The molecule has 0 bridgehead atoms. The first-order chi connectivity index (χ1) is 7.26. The molecule has 15 heavy (non-hydrogen) atoms. The van der Waals surface area contributed by atoms with Gasteiger partial charge in [0.1, 0.15) is 6.04 Å². The lowest BCUT2D eigenvalue weighted by Gasteiger charge is -2.13. The lowest BCUT2D eigenvalue weighted by molar-refractivity contribution is -0.143. The van der Waals surface area contributed by atoms with Crippen LogP contribution in [0.15, 0.2) is 0 Å². The first-order valence-corrected chi connectivity index (χ1v) is 5.16. The average molecular weight is 219 g/mol. The van der Waals surface area contributed by atoms with Gasteiger partial charge in [0.2, 0.25) is 0 Å². The molecular weight excluding hydrogens is 198 g/mol. The zero-order valence-electron chi connectivity index (χ0n) is 9.75. The van der Waals surface area contributed by atoms with Crippen LogP contribution in [0.4, 0.5) is 0 Å². The van der Waals surface area contributed by atoms with Crippen LogP contribution < -0.4 is 5.32 Å². The van der Waals surface area contributed by atoms with Crippen LogP contribution in [0.3, 0.4) is 0 Å². The second kappa shape index (κ2) is 9.89. The monoisotopic (exact) mass is 219 g/mol. The van der Waals surface area contributed by atoms with E-state index >= 15 is 0 Å². The minimum absolute atomic E-state index is 0.258. The SMILES string of the molecule is CCOCCOCCC(NC)C(=O)OC. The van der Waals surface area contributed by atoms with E-state index in [0.717, 1.165) is 0 Å². The molecule has 0 aromatic carbocycles. The van der Waals surface area contributed by atoms with Crippen molar-refractivity contribution in [3.8, 4) is 0 Å². The molecule has 0 saturated heterocycles.